The van der Waals surface area contributed by atoms with E-state index in [1.54, 1.807) is 0 Å². The van der Waals surface area contributed by atoms with Gasteiger partial charge in [0.1, 0.15) is 13.2 Å². The Labute approximate surface area is 211 Å². The van der Waals surface area contributed by atoms with Crippen LogP contribution in [-0.4, -0.2) is 47.1 Å². The predicted octanol–water partition coefficient (Wildman–Crippen LogP) is 3.01. The number of alkyl carbamates (subject to hydrolysis) is 2. The molecule has 196 valence electrons. The Balaban J connectivity index is 1.58. The van der Waals surface area contributed by atoms with Crippen LogP contribution in [-0.2, 0) is 22.7 Å². The maximum atomic E-state index is 12.4. The smallest absolute Gasteiger partial charge is 0.414 e. The summed E-state index contributed by atoms with van der Waals surface area (Å²) in [6, 6.07) is 10.8. The summed E-state index contributed by atoms with van der Waals surface area (Å²) in [5.74, 6) is 0.0349. The van der Waals surface area contributed by atoms with E-state index in [1.165, 1.54) is 48.5 Å². The van der Waals surface area contributed by atoms with Crippen molar-refractivity contribution in [2.75, 3.05) is 13.1 Å². The number of hydrogen-bond acceptors (Lipinski definition) is 10. The van der Waals surface area contributed by atoms with E-state index in [2.05, 4.69) is 20.9 Å². The number of ether oxygens (including phenoxy) is 2. The Morgan fingerprint density at radius 1 is 0.946 bits per heavy atom. The van der Waals surface area contributed by atoms with Crippen LogP contribution in [0.3, 0.4) is 0 Å². The molecule has 2 atom stereocenters. The molecular formula is C23H26N6O8. The van der Waals surface area contributed by atoms with E-state index < -0.39 is 22.0 Å². The maximum Gasteiger partial charge on any atom is 0.414 e. The van der Waals surface area contributed by atoms with E-state index in [0.717, 1.165) is 19.5 Å². The second-order valence-electron chi connectivity index (χ2n) is 8.22. The van der Waals surface area contributed by atoms with Crippen molar-refractivity contribution in [3.05, 3.63) is 79.9 Å². The molecule has 0 radical (unpaired) electrons. The van der Waals surface area contributed by atoms with E-state index in [1.807, 2.05) is 6.92 Å². The third kappa shape index (κ3) is 8.54. The number of nitro groups is 2. The van der Waals surface area contributed by atoms with Crippen LogP contribution in [0.2, 0.25) is 0 Å². The third-order valence-electron chi connectivity index (χ3n) is 5.59. The molecule has 1 heterocycles. The minimum Gasteiger partial charge on any atom is -0.444 e. The average Bonchev–Trinajstić information content (AvgIpc) is 3.42. The normalized spacial score (nSPS) is 15.2. The van der Waals surface area contributed by atoms with Gasteiger partial charge in [-0.1, -0.05) is 0 Å². The Morgan fingerprint density at radius 3 is 1.78 bits per heavy atom. The Morgan fingerprint density at radius 2 is 1.41 bits per heavy atom. The molecule has 0 saturated carbocycles. The highest BCUT2D eigenvalue weighted by atomic mass is 16.6. The first-order valence-electron chi connectivity index (χ1n) is 11.3. The summed E-state index contributed by atoms with van der Waals surface area (Å²) in [6.45, 7) is 3.11. The molecule has 14 heteroatoms. The van der Waals surface area contributed by atoms with Crippen LogP contribution in [0.25, 0.3) is 0 Å². The Kier molecular flexibility index (Phi) is 9.43. The molecule has 1 aliphatic rings. The zero-order valence-electron chi connectivity index (χ0n) is 19.9. The molecular weight excluding hydrogens is 488 g/mol. The number of hydrogen-bond donors (Lipinski definition) is 3. The molecule has 3 rings (SSSR count). The van der Waals surface area contributed by atoms with Gasteiger partial charge in [0.25, 0.3) is 11.4 Å². The van der Waals surface area contributed by atoms with Gasteiger partial charge in [0.05, 0.1) is 15.9 Å². The van der Waals surface area contributed by atoms with Gasteiger partial charge in [0, 0.05) is 30.8 Å². The van der Waals surface area contributed by atoms with Gasteiger partial charge in [-0.3, -0.25) is 30.9 Å². The molecule has 1 unspecified atom stereocenters. The Hall–Kier alpha value is -4.59. The summed E-state index contributed by atoms with van der Waals surface area (Å²) in [5, 5.41) is 29.5. The van der Waals surface area contributed by atoms with E-state index in [-0.39, 0.29) is 42.5 Å². The molecule has 14 nitrogen and oxygen atoms in total. The van der Waals surface area contributed by atoms with Gasteiger partial charge in [-0.05, 0) is 61.2 Å². The molecule has 2 aromatic rings. The quantitative estimate of drug-likeness (QED) is 0.206. The lowest BCUT2D eigenvalue weighted by molar-refractivity contribution is -0.385. The second-order valence-corrected chi connectivity index (χ2v) is 8.22. The summed E-state index contributed by atoms with van der Waals surface area (Å²) in [6.07, 6.45) is -0.915. The van der Waals surface area contributed by atoms with E-state index in [4.69, 9.17) is 9.47 Å². The van der Waals surface area contributed by atoms with Gasteiger partial charge in [0.2, 0.25) is 5.96 Å². The van der Waals surface area contributed by atoms with Crippen LogP contribution in [0.5, 0.6) is 0 Å². The van der Waals surface area contributed by atoms with Crippen molar-refractivity contribution in [1.82, 2.24) is 16.0 Å². The fourth-order valence-electron chi connectivity index (χ4n) is 3.48. The molecule has 2 amide bonds. The van der Waals surface area contributed by atoms with E-state index in [9.17, 15) is 29.8 Å². The summed E-state index contributed by atoms with van der Waals surface area (Å²) >= 11 is 0. The number of nitro benzene ring substituents is 2. The van der Waals surface area contributed by atoms with Crippen molar-refractivity contribution in [1.29, 1.82) is 0 Å². The number of guanidine groups is 1. The average molecular weight is 514 g/mol. The van der Waals surface area contributed by atoms with Crippen LogP contribution in [0.4, 0.5) is 21.0 Å². The number of nitrogens with zero attached hydrogens (tertiary/aromatic N) is 3. The molecule has 1 aliphatic heterocycles. The highest BCUT2D eigenvalue weighted by Gasteiger charge is 2.22. The summed E-state index contributed by atoms with van der Waals surface area (Å²) in [4.78, 5) is 49.6. The lowest BCUT2D eigenvalue weighted by Crippen LogP contribution is -2.45. The molecule has 0 aromatic heterocycles. The lowest BCUT2D eigenvalue weighted by Gasteiger charge is -2.17. The van der Waals surface area contributed by atoms with Gasteiger partial charge in [0.15, 0.2) is 0 Å². The van der Waals surface area contributed by atoms with Crippen molar-refractivity contribution in [2.45, 2.75) is 32.6 Å². The van der Waals surface area contributed by atoms with Crippen LogP contribution in [0, 0.1) is 26.1 Å². The zero-order chi connectivity index (χ0) is 26.8. The first kappa shape index (κ1) is 27.0. The summed E-state index contributed by atoms with van der Waals surface area (Å²) in [7, 11) is 0. The SMILES string of the molecule is CC(N=C(NC(=O)OCc1ccc([N+](=O)[O-])cc1)NC(=O)OCc1ccc([N+](=O)[O-])cc1)[C@H]1CCNC1. The van der Waals surface area contributed by atoms with Gasteiger partial charge in [-0.25, -0.2) is 14.6 Å². The summed E-state index contributed by atoms with van der Waals surface area (Å²) < 4.78 is 10.3. The molecule has 2 aromatic carbocycles. The summed E-state index contributed by atoms with van der Waals surface area (Å²) in [5.41, 5.74) is 0.879. The number of amides is 2. The van der Waals surface area contributed by atoms with Crippen molar-refractivity contribution in [2.24, 2.45) is 10.9 Å². The number of benzene rings is 2. The first-order chi connectivity index (χ1) is 17.7. The number of rotatable bonds is 8. The first-order valence-corrected chi connectivity index (χ1v) is 11.3. The zero-order valence-corrected chi connectivity index (χ0v) is 19.9. The highest BCUT2D eigenvalue weighted by Crippen LogP contribution is 2.16. The van der Waals surface area contributed by atoms with Crippen molar-refractivity contribution >= 4 is 29.5 Å². The molecule has 0 spiro atoms. The van der Waals surface area contributed by atoms with Crippen molar-refractivity contribution in [3.8, 4) is 0 Å². The topological polar surface area (TPSA) is 187 Å². The van der Waals surface area contributed by atoms with Crippen LogP contribution in [0.1, 0.15) is 24.5 Å². The van der Waals surface area contributed by atoms with Crippen LogP contribution in [0.15, 0.2) is 53.5 Å². The molecule has 0 aliphatic carbocycles. The van der Waals surface area contributed by atoms with Crippen LogP contribution >= 0.6 is 0 Å². The number of carbonyl (C=O) groups excluding carboxylic acids is 2. The standard InChI is InChI=1S/C23H26N6O8/c1-15(18-10-11-24-12-18)25-21(26-22(30)36-13-16-2-6-19(7-3-16)28(32)33)27-23(31)37-14-17-4-8-20(9-5-17)29(34)35/h2-9,15,18,24H,10-14H2,1H3,(H2,25,26,27,30,31)/t15?,18-/m0/s1. The number of aliphatic imine (C=N–C) groups is 1. The largest absolute Gasteiger partial charge is 0.444 e. The molecule has 3 N–H and O–H groups in total. The number of non-ortho nitro benzene ring substituents is 2. The van der Waals surface area contributed by atoms with Gasteiger partial charge < -0.3 is 14.8 Å². The highest BCUT2D eigenvalue weighted by molar-refractivity contribution is 6.01. The molecule has 1 fully saturated rings. The number of nitrogens with one attached hydrogen (secondary N) is 3. The monoisotopic (exact) mass is 514 g/mol. The fraction of sp³-hybridized carbons (Fsp3) is 0.348. The Bertz CT molecular complexity index is 1070. The number of carbonyl (C=O) groups is 2. The molecule has 0 bridgehead atoms. The minimum absolute atomic E-state index is 0.0885. The van der Waals surface area contributed by atoms with Crippen molar-refractivity contribution < 1.29 is 28.9 Å². The second kappa shape index (κ2) is 12.9. The van der Waals surface area contributed by atoms with Crippen molar-refractivity contribution in [3.63, 3.8) is 0 Å². The molecule has 1 saturated heterocycles. The molecule has 37 heavy (non-hydrogen) atoms. The lowest BCUT2D eigenvalue weighted by atomic mass is 10.0. The maximum absolute atomic E-state index is 12.4. The van der Waals surface area contributed by atoms with Crippen LogP contribution < -0.4 is 16.0 Å². The van der Waals surface area contributed by atoms with Gasteiger partial charge >= 0.3 is 12.2 Å². The van der Waals surface area contributed by atoms with E-state index >= 15 is 0 Å². The van der Waals surface area contributed by atoms with Gasteiger partial charge in [-0.15, -0.1) is 0 Å². The fourth-order valence-corrected chi connectivity index (χ4v) is 3.48. The minimum atomic E-state index is -0.899. The van der Waals surface area contributed by atoms with E-state index in [0.29, 0.717) is 11.1 Å². The third-order valence-corrected chi connectivity index (χ3v) is 5.59. The predicted molar refractivity (Wildman–Crippen MR) is 131 cm³/mol. The van der Waals surface area contributed by atoms with Gasteiger partial charge in [-0.2, -0.15) is 0 Å².